The molecule has 21 heavy (non-hydrogen) atoms. The SMILES string of the molecule is CC1CCCCC1CNS(=O)(=O)c1c(N)cc(Br)cc1Br. The molecule has 1 aliphatic carbocycles. The van der Waals surface area contributed by atoms with Crippen LogP contribution in [0.1, 0.15) is 32.6 Å². The monoisotopic (exact) mass is 438 g/mol. The third-order valence-electron chi connectivity index (χ3n) is 4.13. The molecule has 0 amide bonds. The second-order valence-corrected chi connectivity index (χ2v) is 9.15. The second-order valence-electron chi connectivity index (χ2n) is 5.68. The molecule has 1 saturated carbocycles. The number of rotatable bonds is 4. The van der Waals surface area contributed by atoms with Crippen LogP contribution < -0.4 is 10.5 Å². The lowest BCUT2D eigenvalue weighted by molar-refractivity contribution is 0.257. The molecule has 0 saturated heterocycles. The van der Waals surface area contributed by atoms with E-state index in [0.717, 1.165) is 10.9 Å². The first-order valence-electron chi connectivity index (χ1n) is 7.05. The molecular weight excluding hydrogens is 420 g/mol. The Morgan fingerprint density at radius 2 is 1.95 bits per heavy atom. The van der Waals surface area contributed by atoms with Crippen molar-refractivity contribution in [2.45, 2.75) is 37.5 Å². The highest BCUT2D eigenvalue weighted by atomic mass is 79.9. The normalized spacial score (nSPS) is 23.2. The first kappa shape index (κ1) is 17.2. The summed E-state index contributed by atoms with van der Waals surface area (Å²) in [5.41, 5.74) is 6.10. The van der Waals surface area contributed by atoms with Gasteiger partial charge in [-0.1, -0.05) is 42.1 Å². The van der Waals surface area contributed by atoms with Crippen LogP contribution in [0.3, 0.4) is 0 Å². The van der Waals surface area contributed by atoms with Gasteiger partial charge in [0.2, 0.25) is 10.0 Å². The topological polar surface area (TPSA) is 72.2 Å². The quantitative estimate of drug-likeness (QED) is 0.698. The molecule has 0 aliphatic heterocycles. The Morgan fingerprint density at radius 3 is 2.57 bits per heavy atom. The van der Waals surface area contributed by atoms with Crippen LogP contribution in [0.4, 0.5) is 5.69 Å². The van der Waals surface area contributed by atoms with Crippen molar-refractivity contribution in [3.63, 3.8) is 0 Å². The zero-order valence-electron chi connectivity index (χ0n) is 11.9. The molecule has 1 aromatic rings. The van der Waals surface area contributed by atoms with E-state index in [2.05, 4.69) is 43.5 Å². The molecule has 0 aromatic heterocycles. The summed E-state index contributed by atoms with van der Waals surface area (Å²) < 4.78 is 28.9. The number of benzene rings is 1. The molecule has 2 unspecified atom stereocenters. The van der Waals surface area contributed by atoms with Gasteiger partial charge in [0.05, 0.1) is 5.69 Å². The van der Waals surface area contributed by atoms with E-state index in [1.165, 1.54) is 19.3 Å². The Labute approximate surface area is 143 Å². The van der Waals surface area contributed by atoms with Crippen LogP contribution in [0.25, 0.3) is 0 Å². The number of nitrogens with two attached hydrogens (primary N) is 1. The Morgan fingerprint density at radius 1 is 1.29 bits per heavy atom. The van der Waals surface area contributed by atoms with Gasteiger partial charge in [0.1, 0.15) is 4.90 Å². The molecule has 0 bridgehead atoms. The van der Waals surface area contributed by atoms with Crippen molar-refractivity contribution < 1.29 is 8.42 Å². The van der Waals surface area contributed by atoms with Gasteiger partial charge in [0.15, 0.2) is 0 Å². The molecule has 0 spiro atoms. The number of nitrogens with one attached hydrogen (secondary N) is 1. The molecule has 4 nitrogen and oxygen atoms in total. The minimum Gasteiger partial charge on any atom is -0.398 e. The standard InChI is InChI=1S/C14H20Br2N2O2S/c1-9-4-2-3-5-10(9)8-18-21(19,20)14-12(16)6-11(15)7-13(14)17/h6-7,9-10,18H,2-5,8,17H2,1H3. The van der Waals surface area contributed by atoms with Crippen LogP contribution in [0.2, 0.25) is 0 Å². The molecule has 0 heterocycles. The number of anilines is 1. The number of hydrogen-bond acceptors (Lipinski definition) is 3. The number of nitrogen functional groups attached to an aromatic ring is 1. The highest BCUT2D eigenvalue weighted by molar-refractivity contribution is 9.11. The van der Waals surface area contributed by atoms with Gasteiger partial charge in [-0.15, -0.1) is 0 Å². The van der Waals surface area contributed by atoms with E-state index in [1.807, 2.05) is 0 Å². The van der Waals surface area contributed by atoms with Gasteiger partial charge >= 0.3 is 0 Å². The Kier molecular flexibility index (Phi) is 5.73. The lowest BCUT2D eigenvalue weighted by Crippen LogP contribution is -2.34. The van der Waals surface area contributed by atoms with E-state index in [9.17, 15) is 8.42 Å². The molecule has 1 aliphatic rings. The van der Waals surface area contributed by atoms with Crippen LogP contribution >= 0.6 is 31.9 Å². The largest absolute Gasteiger partial charge is 0.398 e. The molecular formula is C14H20Br2N2O2S. The van der Waals surface area contributed by atoms with Gasteiger partial charge in [-0.25, -0.2) is 13.1 Å². The van der Waals surface area contributed by atoms with Crippen molar-refractivity contribution in [1.82, 2.24) is 4.72 Å². The minimum atomic E-state index is -3.60. The van der Waals surface area contributed by atoms with Crippen molar-refractivity contribution >= 4 is 47.6 Å². The number of hydrogen-bond donors (Lipinski definition) is 2. The van der Waals surface area contributed by atoms with Crippen molar-refractivity contribution in [2.24, 2.45) is 11.8 Å². The highest BCUT2D eigenvalue weighted by Crippen LogP contribution is 2.33. The van der Waals surface area contributed by atoms with E-state index < -0.39 is 10.0 Å². The fourth-order valence-electron chi connectivity index (χ4n) is 2.85. The molecule has 1 aromatic carbocycles. The molecule has 118 valence electrons. The Bertz CT molecular complexity index is 596. The van der Waals surface area contributed by atoms with E-state index >= 15 is 0 Å². The third kappa shape index (κ3) is 4.21. The second kappa shape index (κ2) is 6.98. The molecule has 3 N–H and O–H groups in total. The average molecular weight is 440 g/mol. The van der Waals surface area contributed by atoms with Crippen molar-refractivity contribution in [2.75, 3.05) is 12.3 Å². The van der Waals surface area contributed by atoms with Crippen LogP contribution in [0.15, 0.2) is 26.0 Å². The van der Waals surface area contributed by atoms with Crippen LogP contribution in [0.5, 0.6) is 0 Å². The number of halogens is 2. The van der Waals surface area contributed by atoms with Gasteiger partial charge < -0.3 is 5.73 Å². The summed E-state index contributed by atoms with van der Waals surface area (Å²) in [6.07, 6.45) is 4.69. The minimum absolute atomic E-state index is 0.120. The summed E-state index contributed by atoms with van der Waals surface area (Å²) in [7, 11) is -3.60. The smallest absolute Gasteiger partial charge is 0.243 e. The maximum absolute atomic E-state index is 12.5. The predicted octanol–water partition coefficient (Wildman–Crippen LogP) is 3.90. The molecule has 1 fully saturated rings. The van der Waals surface area contributed by atoms with Crippen molar-refractivity contribution in [3.05, 3.63) is 21.1 Å². The lowest BCUT2D eigenvalue weighted by Gasteiger charge is -2.28. The van der Waals surface area contributed by atoms with Gasteiger partial charge in [0.25, 0.3) is 0 Å². The maximum Gasteiger partial charge on any atom is 0.243 e. The summed E-state index contributed by atoms with van der Waals surface area (Å²) in [5.74, 6) is 0.969. The van der Waals surface area contributed by atoms with Crippen LogP contribution in [-0.4, -0.2) is 15.0 Å². The lowest BCUT2D eigenvalue weighted by atomic mass is 9.81. The fraction of sp³-hybridized carbons (Fsp3) is 0.571. The molecule has 2 atom stereocenters. The van der Waals surface area contributed by atoms with Crippen molar-refractivity contribution in [3.8, 4) is 0 Å². The van der Waals surface area contributed by atoms with Crippen LogP contribution in [0, 0.1) is 11.8 Å². The van der Waals surface area contributed by atoms with Gasteiger partial charge in [-0.05, 0) is 46.3 Å². The molecule has 0 radical (unpaired) electrons. The van der Waals surface area contributed by atoms with E-state index in [1.54, 1.807) is 12.1 Å². The van der Waals surface area contributed by atoms with Crippen LogP contribution in [-0.2, 0) is 10.0 Å². The Hall–Kier alpha value is -0.110. The average Bonchev–Trinajstić information content (AvgIpc) is 2.36. The maximum atomic E-state index is 12.5. The van der Waals surface area contributed by atoms with Gasteiger partial charge in [-0.2, -0.15) is 0 Å². The summed E-state index contributed by atoms with van der Waals surface area (Å²) in [6, 6.07) is 3.29. The molecule has 2 rings (SSSR count). The first-order valence-corrected chi connectivity index (χ1v) is 10.1. The third-order valence-corrected chi connectivity index (χ3v) is 7.02. The summed E-state index contributed by atoms with van der Waals surface area (Å²) in [4.78, 5) is 0.120. The summed E-state index contributed by atoms with van der Waals surface area (Å²) in [5, 5.41) is 0. The van der Waals surface area contributed by atoms with Gasteiger partial charge in [0, 0.05) is 15.5 Å². The summed E-state index contributed by atoms with van der Waals surface area (Å²) in [6.45, 7) is 2.67. The van der Waals surface area contributed by atoms with E-state index in [4.69, 9.17) is 5.73 Å². The highest BCUT2D eigenvalue weighted by Gasteiger charge is 2.26. The van der Waals surface area contributed by atoms with E-state index in [-0.39, 0.29) is 10.6 Å². The zero-order valence-corrected chi connectivity index (χ0v) is 15.9. The Balaban J connectivity index is 2.15. The first-order chi connectivity index (χ1) is 9.81. The van der Waals surface area contributed by atoms with Gasteiger partial charge in [-0.3, -0.25) is 0 Å². The van der Waals surface area contributed by atoms with Crippen molar-refractivity contribution in [1.29, 1.82) is 0 Å². The molecule has 7 heteroatoms. The fourth-order valence-corrected chi connectivity index (χ4v) is 6.01. The predicted molar refractivity (Wildman–Crippen MR) is 92.6 cm³/mol. The zero-order chi connectivity index (χ0) is 15.6. The number of sulfonamides is 1. The van der Waals surface area contributed by atoms with E-state index in [0.29, 0.717) is 22.9 Å². The summed E-state index contributed by atoms with van der Waals surface area (Å²) >= 11 is 6.58.